The fourth-order valence-electron chi connectivity index (χ4n) is 1.89. The van der Waals surface area contributed by atoms with Crippen LogP contribution in [-0.2, 0) is 14.3 Å². The molecule has 0 aromatic carbocycles. The summed E-state index contributed by atoms with van der Waals surface area (Å²) >= 11 is 0. The maximum atomic E-state index is 9.71. The monoisotopic (exact) mass is 292 g/mol. The van der Waals surface area contributed by atoms with Crippen LogP contribution in [0, 0.1) is 0 Å². The molecule has 0 saturated heterocycles. The summed E-state index contributed by atoms with van der Waals surface area (Å²) in [7, 11) is 0. The highest BCUT2D eigenvalue weighted by molar-refractivity contribution is 5.64. The molecule has 0 saturated carbocycles. The second-order valence-electron chi connectivity index (χ2n) is 4.51. The van der Waals surface area contributed by atoms with Gasteiger partial charge in [-0.25, -0.2) is 0 Å². The summed E-state index contributed by atoms with van der Waals surface area (Å²) in [5, 5.41) is 12.1. The van der Waals surface area contributed by atoms with Crippen LogP contribution in [0.4, 0.5) is 0 Å². The van der Waals surface area contributed by atoms with Gasteiger partial charge in [0.2, 0.25) is 0 Å². The Morgan fingerprint density at radius 1 is 1.52 bits per heavy atom. The maximum Gasteiger partial charge on any atom is 0.293 e. The van der Waals surface area contributed by atoms with E-state index in [2.05, 4.69) is 33.3 Å². The fraction of sp³-hybridized carbons (Fsp3) is 0.400. The number of nitrogens with zero attached hydrogens (tertiary/aromatic N) is 1. The highest BCUT2D eigenvalue weighted by Gasteiger charge is 2.14. The molecule has 1 aromatic heterocycles. The molecule has 1 atom stereocenters. The Hall–Kier alpha value is -2.21. The van der Waals surface area contributed by atoms with E-state index >= 15 is 0 Å². The minimum Gasteiger partial charge on any atom is -0.550 e. The van der Waals surface area contributed by atoms with Gasteiger partial charge in [-0.3, -0.25) is 9.78 Å². The third-order valence-corrected chi connectivity index (χ3v) is 2.94. The number of carboxylic acids is 1. The summed E-state index contributed by atoms with van der Waals surface area (Å²) in [6, 6.07) is 4.73. The van der Waals surface area contributed by atoms with E-state index in [1.54, 1.807) is 0 Å². The van der Waals surface area contributed by atoms with Gasteiger partial charge in [-0.15, -0.1) is 0 Å². The van der Waals surface area contributed by atoms with E-state index in [0.29, 0.717) is 12.5 Å². The van der Waals surface area contributed by atoms with Crippen LogP contribution >= 0.6 is 0 Å². The molecule has 2 heterocycles. The Bertz CT molecular complexity index is 448. The molecule has 0 spiro atoms. The highest BCUT2D eigenvalue weighted by atomic mass is 16.5. The minimum atomic E-state index is -1.12. The van der Waals surface area contributed by atoms with Crippen molar-refractivity contribution in [2.45, 2.75) is 25.3 Å². The number of hydrogen-bond acceptors (Lipinski definition) is 5. The number of carbonyl (C=O) groups is 2. The van der Waals surface area contributed by atoms with E-state index in [-0.39, 0.29) is 19.5 Å². The van der Waals surface area contributed by atoms with E-state index in [1.165, 1.54) is 5.56 Å². The Labute approximate surface area is 123 Å². The standard InChI is InChI=1S/C10H12N2.C5H8O4/c1-2-7-12-10(5-1)9-4-3-6-11-8-9;6-4-9-3-1-2-5(7)8/h1-4,6,8,10,12H,5,7H2;4H,1-3H2,(H,7,8)/t10-;/m0./s1. The number of aliphatic carboxylic acids is 1. The lowest BCUT2D eigenvalue weighted by atomic mass is 10.0. The van der Waals surface area contributed by atoms with Gasteiger partial charge in [0, 0.05) is 30.3 Å². The molecule has 0 amide bonds. The quantitative estimate of drug-likeness (QED) is 0.426. The van der Waals surface area contributed by atoms with Crippen molar-refractivity contribution in [3.8, 4) is 0 Å². The van der Waals surface area contributed by atoms with Gasteiger partial charge >= 0.3 is 0 Å². The topological polar surface area (TPSA) is 95.9 Å². The average molecular weight is 292 g/mol. The van der Waals surface area contributed by atoms with Crippen LogP contribution in [0.5, 0.6) is 0 Å². The number of ether oxygens (including phenoxy) is 1. The summed E-state index contributed by atoms with van der Waals surface area (Å²) in [5.41, 5.74) is 1.34. The number of aromatic nitrogens is 1. The molecule has 1 aliphatic heterocycles. The normalized spacial score (nSPS) is 16.5. The molecule has 0 bridgehead atoms. The van der Waals surface area contributed by atoms with Crippen LogP contribution in [0.1, 0.15) is 30.9 Å². The first-order valence-electron chi connectivity index (χ1n) is 6.87. The fourth-order valence-corrected chi connectivity index (χ4v) is 1.89. The predicted octanol–water partition coefficient (Wildman–Crippen LogP) is -0.664. The van der Waals surface area contributed by atoms with Crippen LogP contribution in [-0.4, -0.2) is 30.6 Å². The van der Waals surface area contributed by atoms with Gasteiger partial charge in [0.15, 0.2) is 0 Å². The zero-order valence-electron chi connectivity index (χ0n) is 11.8. The summed E-state index contributed by atoms with van der Waals surface area (Å²) in [5.74, 6) is -1.12. The lowest BCUT2D eigenvalue weighted by Gasteiger charge is -2.15. The Morgan fingerprint density at radius 2 is 2.38 bits per heavy atom. The number of nitrogens with two attached hydrogens (primary N) is 1. The molecular formula is C15H20N2O4. The summed E-state index contributed by atoms with van der Waals surface area (Å²) in [6.45, 7) is 1.53. The van der Waals surface area contributed by atoms with E-state index in [9.17, 15) is 14.7 Å². The first kappa shape index (κ1) is 16.8. The number of pyridine rings is 1. The van der Waals surface area contributed by atoms with E-state index < -0.39 is 5.97 Å². The molecule has 1 aromatic rings. The van der Waals surface area contributed by atoms with E-state index in [0.717, 1.165) is 13.0 Å². The zero-order chi connectivity index (χ0) is 15.3. The van der Waals surface area contributed by atoms with Crippen molar-refractivity contribution in [1.29, 1.82) is 0 Å². The summed E-state index contributed by atoms with van der Waals surface area (Å²) < 4.78 is 4.21. The third-order valence-electron chi connectivity index (χ3n) is 2.94. The maximum absolute atomic E-state index is 9.71. The molecule has 0 aliphatic carbocycles. The molecular weight excluding hydrogens is 272 g/mol. The first-order valence-corrected chi connectivity index (χ1v) is 6.87. The van der Waals surface area contributed by atoms with Crippen molar-refractivity contribution in [1.82, 2.24) is 4.98 Å². The van der Waals surface area contributed by atoms with Crippen LogP contribution in [0.15, 0.2) is 36.7 Å². The van der Waals surface area contributed by atoms with Crippen LogP contribution < -0.4 is 10.4 Å². The van der Waals surface area contributed by atoms with Crippen molar-refractivity contribution in [3.63, 3.8) is 0 Å². The Kier molecular flexibility index (Phi) is 8.47. The second-order valence-corrected chi connectivity index (χ2v) is 4.51. The smallest absolute Gasteiger partial charge is 0.293 e. The Balaban J connectivity index is 0.000000222. The molecule has 114 valence electrons. The van der Waals surface area contributed by atoms with Crippen LogP contribution in [0.2, 0.25) is 0 Å². The van der Waals surface area contributed by atoms with Gasteiger partial charge in [0.25, 0.3) is 6.47 Å². The molecule has 0 fully saturated rings. The molecule has 0 radical (unpaired) electrons. The molecule has 2 N–H and O–H groups in total. The van der Waals surface area contributed by atoms with Crippen LogP contribution in [0.3, 0.4) is 0 Å². The highest BCUT2D eigenvalue weighted by Crippen LogP contribution is 2.12. The second kappa shape index (κ2) is 10.6. The Morgan fingerprint density at radius 3 is 2.95 bits per heavy atom. The van der Waals surface area contributed by atoms with Crippen molar-refractivity contribution in [3.05, 3.63) is 42.2 Å². The minimum absolute atomic E-state index is 0.0617. The molecule has 21 heavy (non-hydrogen) atoms. The van der Waals surface area contributed by atoms with Crippen LogP contribution in [0.25, 0.3) is 0 Å². The van der Waals surface area contributed by atoms with Crippen molar-refractivity contribution < 1.29 is 24.7 Å². The molecule has 1 aliphatic rings. The summed E-state index contributed by atoms with van der Waals surface area (Å²) in [6.07, 6.45) is 9.63. The molecule has 6 heteroatoms. The van der Waals surface area contributed by atoms with Crippen molar-refractivity contribution in [2.75, 3.05) is 13.2 Å². The lowest BCUT2D eigenvalue weighted by molar-refractivity contribution is -0.690. The SMILES string of the molecule is C1=CC[C@@H](c2cccnc2)[NH2+]C1.O=COCCCC(=O)[O-]. The van der Waals surface area contributed by atoms with Crippen molar-refractivity contribution in [2.24, 2.45) is 0 Å². The first-order chi connectivity index (χ1) is 10.2. The number of hydrogen-bond donors (Lipinski definition) is 1. The zero-order valence-corrected chi connectivity index (χ0v) is 11.8. The lowest BCUT2D eigenvalue weighted by Crippen LogP contribution is -2.85. The number of carboxylic acid groups (broad SMARTS) is 1. The molecule has 0 unspecified atom stereocenters. The van der Waals surface area contributed by atoms with Gasteiger partial charge in [-0.1, -0.05) is 12.1 Å². The van der Waals surface area contributed by atoms with Gasteiger partial charge in [0.1, 0.15) is 6.04 Å². The largest absolute Gasteiger partial charge is 0.550 e. The van der Waals surface area contributed by atoms with Crippen molar-refractivity contribution >= 4 is 12.4 Å². The number of quaternary nitrogens is 1. The average Bonchev–Trinajstić information content (AvgIpc) is 2.54. The predicted molar refractivity (Wildman–Crippen MR) is 73.8 cm³/mol. The van der Waals surface area contributed by atoms with E-state index in [4.69, 9.17) is 0 Å². The van der Waals surface area contributed by atoms with E-state index in [1.807, 2.05) is 18.5 Å². The van der Waals surface area contributed by atoms with Gasteiger partial charge in [-0.2, -0.15) is 0 Å². The third kappa shape index (κ3) is 7.84. The molecule has 6 nitrogen and oxygen atoms in total. The van der Waals surface area contributed by atoms with Gasteiger partial charge in [0.05, 0.1) is 13.2 Å². The summed E-state index contributed by atoms with van der Waals surface area (Å²) in [4.78, 5) is 23.3. The number of carbonyl (C=O) groups excluding carboxylic acids is 2. The number of rotatable bonds is 6. The van der Waals surface area contributed by atoms with Gasteiger partial charge < -0.3 is 20.0 Å². The molecule has 2 rings (SSSR count). The van der Waals surface area contributed by atoms with Gasteiger partial charge in [-0.05, 0) is 25.0 Å².